The minimum absolute atomic E-state index is 0.0525. The van der Waals surface area contributed by atoms with Crippen LogP contribution in [0.25, 0.3) is 0 Å². The van der Waals surface area contributed by atoms with Crippen LogP contribution in [0.15, 0.2) is 27.6 Å². The molecule has 8 nitrogen and oxygen atoms in total. The van der Waals surface area contributed by atoms with Crippen molar-refractivity contribution in [3.05, 3.63) is 32.8 Å². The van der Waals surface area contributed by atoms with Gasteiger partial charge in [0.25, 0.3) is 5.69 Å². The molecular weight excluding hydrogens is 356 g/mol. The molecule has 0 amide bonds. The summed E-state index contributed by atoms with van der Waals surface area (Å²) in [5, 5.41) is 20.2. The fourth-order valence-electron chi connectivity index (χ4n) is 1.39. The molecule has 1 aromatic rings. The number of methoxy groups -OCH3 is 1. The predicted octanol–water partition coefficient (Wildman–Crippen LogP) is 0.643. The second kappa shape index (κ2) is 7.09. The Morgan fingerprint density at radius 2 is 2.20 bits per heavy atom. The number of nitrogens with zero attached hydrogens (tertiary/aromatic N) is 1. The van der Waals surface area contributed by atoms with Crippen molar-refractivity contribution >= 4 is 31.6 Å². The Balaban J connectivity index is 3.03. The smallest absolute Gasteiger partial charge is 0.289 e. The van der Waals surface area contributed by atoms with E-state index < -0.39 is 31.6 Å². The van der Waals surface area contributed by atoms with Crippen molar-refractivity contribution in [1.29, 1.82) is 0 Å². The second-order valence-electron chi connectivity index (χ2n) is 3.83. The third-order valence-corrected chi connectivity index (χ3v) is 4.22. The predicted molar refractivity (Wildman–Crippen MR) is 73.9 cm³/mol. The van der Waals surface area contributed by atoms with Gasteiger partial charge in [-0.25, -0.2) is 13.1 Å². The first-order chi connectivity index (χ1) is 9.27. The number of aliphatic hydroxyl groups is 1. The molecule has 0 bridgehead atoms. The molecule has 0 aliphatic heterocycles. The number of sulfonamides is 1. The van der Waals surface area contributed by atoms with Crippen molar-refractivity contribution in [2.45, 2.75) is 11.0 Å². The Kier molecular flexibility index (Phi) is 6.02. The van der Waals surface area contributed by atoms with Crippen molar-refractivity contribution in [1.82, 2.24) is 4.72 Å². The molecule has 1 unspecified atom stereocenters. The van der Waals surface area contributed by atoms with Gasteiger partial charge in [0.15, 0.2) is 4.90 Å². The molecule has 1 rings (SSSR count). The minimum atomic E-state index is -4.11. The molecule has 20 heavy (non-hydrogen) atoms. The zero-order chi connectivity index (χ0) is 15.3. The van der Waals surface area contributed by atoms with Crippen LogP contribution in [0.4, 0.5) is 5.69 Å². The van der Waals surface area contributed by atoms with Crippen molar-refractivity contribution in [3.8, 4) is 0 Å². The van der Waals surface area contributed by atoms with E-state index >= 15 is 0 Å². The zero-order valence-corrected chi connectivity index (χ0v) is 12.8. The number of halogens is 1. The maximum atomic E-state index is 12.0. The molecule has 0 spiro atoms. The van der Waals surface area contributed by atoms with Crippen LogP contribution < -0.4 is 4.72 Å². The molecule has 10 heteroatoms. The average Bonchev–Trinajstić information content (AvgIpc) is 2.36. The minimum Gasteiger partial charge on any atom is -0.389 e. The van der Waals surface area contributed by atoms with Crippen molar-refractivity contribution in [2.75, 3.05) is 20.3 Å². The van der Waals surface area contributed by atoms with Gasteiger partial charge >= 0.3 is 0 Å². The van der Waals surface area contributed by atoms with Crippen LogP contribution in [0, 0.1) is 10.1 Å². The van der Waals surface area contributed by atoms with Crippen molar-refractivity contribution in [2.24, 2.45) is 0 Å². The van der Waals surface area contributed by atoms with Gasteiger partial charge in [0, 0.05) is 24.2 Å². The van der Waals surface area contributed by atoms with Gasteiger partial charge in [-0.1, -0.05) is 15.9 Å². The summed E-state index contributed by atoms with van der Waals surface area (Å²) in [6.07, 6.45) is -1.04. The van der Waals surface area contributed by atoms with Gasteiger partial charge in [0.1, 0.15) is 0 Å². The molecule has 1 aromatic carbocycles. The quantitative estimate of drug-likeness (QED) is 0.538. The molecular formula is C10H13BrN2O6S. The van der Waals surface area contributed by atoms with E-state index in [1.54, 1.807) is 0 Å². The number of nitro benzene ring substituents is 1. The van der Waals surface area contributed by atoms with Gasteiger partial charge in [-0.15, -0.1) is 0 Å². The Morgan fingerprint density at radius 3 is 2.75 bits per heavy atom. The molecule has 112 valence electrons. The van der Waals surface area contributed by atoms with Crippen LogP contribution >= 0.6 is 15.9 Å². The van der Waals surface area contributed by atoms with E-state index in [0.717, 1.165) is 12.1 Å². The summed E-state index contributed by atoms with van der Waals surface area (Å²) in [6, 6.07) is 3.59. The third kappa shape index (κ3) is 4.49. The maximum Gasteiger partial charge on any atom is 0.289 e. The van der Waals surface area contributed by atoms with Gasteiger partial charge in [-0.2, -0.15) is 0 Å². The molecule has 0 fully saturated rings. The molecule has 0 aliphatic carbocycles. The number of aliphatic hydroxyl groups excluding tert-OH is 1. The number of ether oxygens (including phenoxy) is 1. The Labute approximate surface area is 124 Å². The fourth-order valence-corrected chi connectivity index (χ4v) is 3.17. The maximum absolute atomic E-state index is 12.0. The van der Waals surface area contributed by atoms with Crippen molar-refractivity contribution in [3.63, 3.8) is 0 Å². The van der Waals surface area contributed by atoms with E-state index in [1.165, 1.54) is 13.2 Å². The van der Waals surface area contributed by atoms with E-state index in [4.69, 9.17) is 0 Å². The molecule has 2 N–H and O–H groups in total. The van der Waals surface area contributed by atoms with E-state index in [-0.39, 0.29) is 13.2 Å². The van der Waals surface area contributed by atoms with Gasteiger partial charge in [-0.3, -0.25) is 10.1 Å². The number of nitrogens with one attached hydrogen (secondary N) is 1. The Bertz CT molecular complexity index is 591. The number of hydrogen-bond donors (Lipinski definition) is 2. The van der Waals surface area contributed by atoms with Gasteiger partial charge in [0.05, 0.1) is 17.6 Å². The SMILES string of the molecule is COCC(O)CNS(=O)(=O)c1cc(Br)ccc1[N+](=O)[O-]. The number of rotatable bonds is 7. The molecule has 0 aliphatic rings. The van der Waals surface area contributed by atoms with E-state index in [2.05, 4.69) is 25.4 Å². The van der Waals surface area contributed by atoms with Crippen LogP contribution in [-0.2, 0) is 14.8 Å². The lowest BCUT2D eigenvalue weighted by Gasteiger charge is -2.11. The zero-order valence-electron chi connectivity index (χ0n) is 10.4. The van der Waals surface area contributed by atoms with E-state index in [0.29, 0.717) is 4.47 Å². The Morgan fingerprint density at radius 1 is 1.55 bits per heavy atom. The molecule has 0 radical (unpaired) electrons. The lowest BCUT2D eigenvalue weighted by molar-refractivity contribution is -0.387. The third-order valence-electron chi connectivity index (χ3n) is 2.28. The van der Waals surface area contributed by atoms with Crippen LogP contribution in [0.1, 0.15) is 0 Å². The monoisotopic (exact) mass is 368 g/mol. The summed E-state index contributed by atoms with van der Waals surface area (Å²) in [6.45, 7) is -0.358. The van der Waals surface area contributed by atoms with Crippen LogP contribution in [0.3, 0.4) is 0 Å². The largest absolute Gasteiger partial charge is 0.389 e. The number of hydrogen-bond acceptors (Lipinski definition) is 6. The summed E-state index contributed by atoms with van der Waals surface area (Å²) in [7, 11) is -2.75. The number of nitro groups is 1. The van der Waals surface area contributed by atoms with Crippen molar-refractivity contribution < 1.29 is 23.2 Å². The van der Waals surface area contributed by atoms with Crippen LogP contribution in [-0.4, -0.2) is 44.8 Å². The lowest BCUT2D eigenvalue weighted by Crippen LogP contribution is -2.34. The summed E-state index contributed by atoms with van der Waals surface area (Å²) in [4.78, 5) is 9.59. The van der Waals surface area contributed by atoms with Crippen LogP contribution in [0.2, 0.25) is 0 Å². The summed E-state index contributed by atoms with van der Waals surface area (Å²) in [5.74, 6) is 0. The Hall–Kier alpha value is -1.07. The molecule has 0 saturated carbocycles. The lowest BCUT2D eigenvalue weighted by atomic mass is 10.3. The molecule has 0 heterocycles. The van der Waals surface area contributed by atoms with E-state index in [1.807, 2.05) is 0 Å². The topological polar surface area (TPSA) is 119 Å². The average molecular weight is 369 g/mol. The summed E-state index contributed by atoms with van der Waals surface area (Å²) >= 11 is 3.06. The van der Waals surface area contributed by atoms with Crippen LogP contribution in [0.5, 0.6) is 0 Å². The highest BCUT2D eigenvalue weighted by molar-refractivity contribution is 9.10. The normalized spacial score (nSPS) is 13.2. The van der Waals surface area contributed by atoms with Gasteiger partial charge in [-0.05, 0) is 12.1 Å². The number of benzene rings is 1. The highest BCUT2D eigenvalue weighted by atomic mass is 79.9. The first kappa shape index (κ1) is 17.0. The van der Waals surface area contributed by atoms with E-state index in [9.17, 15) is 23.6 Å². The second-order valence-corrected chi connectivity index (χ2v) is 6.48. The highest BCUT2D eigenvalue weighted by Gasteiger charge is 2.26. The standard InChI is InChI=1S/C10H13BrN2O6S/c1-19-6-8(14)5-12-20(17,18)10-4-7(11)2-3-9(10)13(15)16/h2-4,8,12,14H,5-6H2,1H3. The fraction of sp³-hybridized carbons (Fsp3) is 0.400. The molecule has 0 saturated heterocycles. The molecule has 0 aromatic heterocycles. The first-order valence-corrected chi connectivity index (χ1v) is 7.66. The van der Waals surface area contributed by atoms with Gasteiger partial charge < -0.3 is 9.84 Å². The first-order valence-electron chi connectivity index (χ1n) is 5.38. The highest BCUT2D eigenvalue weighted by Crippen LogP contribution is 2.26. The summed E-state index contributed by atoms with van der Waals surface area (Å²) in [5.41, 5.74) is -0.540. The molecule has 1 atom stereocenters. The summed E-state index contributed by atoms with van der Waals surface area (Å²) < 4.78 is 31.2. The van der Waals surface area contributed by atoms with Gasteiger partial charge in [0.2, 0.25) is 10.0 Å².